The van der Waals surface area contributed by atoms with Crippen molar-refractivity contribution < 1.29 is 9.84 Å². The Morgan fingerprint density at radius 2 is 2.00 bits per heavy atom. The van der Waals surface area contributed by atoms with E-state index < -0.39 is 0 Å². The summed E-state index contributed by atoms with van der Waals surface area (Å²) in [6.45, 7) is 4.38. The maximum absolute atomic E-state index is 9.56. The molecule has 1 N–H and O–H groups in total. The molecule has 1 atom stereocenters. The average molecular weight is 385 g/mol. The molecule has 2 aliphatic rings. The number of methoxy groups -OCH3 is 1. The molecular formula is C22H32N4O2. The normalized spacial score (nSPS) is 22.0. The lowest BCUT2D eigenvalue weighted by Gasteiger charge is -2.44. The third-order valence-electron chi connectivity index (χ3n) is 6.24. The SMILES string of the molecule is COc1ccccc1-n1cc(CN2CCN(C3CCCC3)[C@H](CCO)C2)cn1. The highest BCUT2D eigenvalue weighted by Crippen LogP contribution is 2.28. The lowest BCUT2D eigenvalue weighted by molar-refractivity contribution is 0.0267. The minimum atomic E-state index is 0.271. The second-order valence-electron chi connectivity index (χ2n) is 8.04. The number of aliphatic hydroxyl groups is 1. The van der Waals surface area contributed by atoms with Crippen molar-refractivity contribution in [3.8, 4) is 11.4 Å². The molecule has 1 aromatic heterocycles. The molecule has 1 saturated carbocycles. The second kappa shape index (κ2) is 9.07. The number of ether oxygens (including phenoxy) is 1. The molecule has 2 aromatic rings. The number of benzene rings is 1. The quantitative estimate of drug-likeness (QED) is 0.795. The first-order chi connectivity index (χ1) is 13.8. The molecule has 6 nitrogen and oxygen atoms in total. The average Bonchev–Trinajstić information content (AvgIpc) is 3.41. The van der Waals surface area contributed by atoms with Gasteiger partial charge in [0, 0.05) is 56.6 Å². The molecule has 0 amide bonds. The molecule has 28 heavy (non-hydrogen) atoms. The Morgan fingerprint density at radius 1 is 1.18 bits per heavy atom. The molecule has 0 spiro atoms. The molecule has 6 heteroatoms. The van der Waals surface area contributed by atoms with Gasteiger partial charge in [-0.25, -0.2) is 4.68 Å². The number of aliphatic hydroxyl groups excluding tert-OH is 1. The fourth-order valence-corrected chi connectivity index (χ4v) is 4.85. The molecule has 152 valence electrons. The highest BCUT2D eigenvalue weighted by molar-refractivity contribution is 5.46. The Morgan fingerprint density at radius 3 is 2.79 bits per heavy atom. The molecule has 0 bridgehead atoms. The van der Waals surface area contributed by atoms with Crippen LogP contribution in [0, 0.1) is 0 Å². The van der Waals surface area contributed by atoms with E-state index >= 15 is 0 Å². The zero-order valence-electron chi connectivity index (χ0n) is 16.8. The predicted octanol–water partition coefficient (Wildman–Crippen LogP) is 2.69. The minimum absolute atomic E-state index is 0.271. The Kier molecular flexibility index (Phi) is 6.29. The molecule has 2 heterocycles. The number of piperazine rings is 1. The number of aromatic nitrogens is 2. The first-order valence-electron chi connectivity index (χ1n) is 10.5. The molecule has 0 unspecified atom stereocenters. The van der Waals surface area contributed by atoms with Gasteiger partial charge in [-0.05, 0) is 31.4 Å². The van der Waals surface area contributed by atoms with Crippen molar-refractivity contribution in [2.24, 2.45) is 0 Å². The third kappa shape index (κ3) is 4.24. The fourth-order valence-electron chi connectivity index (χ4n) is 4.85. The topological polar surface area (TPSA) is 53.8 Å². The number of nitrogens with zero attached hydrogens (tertiary/aromatic N) is 4. The van der Waals surface area contributed by atoms with Crippen LogP contribution < -0.4 is 4.74 Å². The maximum Gasteiger partial charge on any atom is 0.144 e. The Labute approximate surface area is 167 Å². The Bertz CT molecular complexity index is 756. The van der Waals surface area contributed by atoms with Gasteiger partial charge >= 0.3 is 0 Å². The van der Waals surface area contributed by atoms with Crippen LogP contribution >= 0.6 is 0 Å². The van der Waals surface area contributed by atoms with E-state index in [1.807, 2.05) is 35.1 Å². The number of hydrogen-bond donors (Lipinski definition) is 1. The highest BCUT2D eigenvalue weighted by Gasteiger charge is 2.33. The van der Waals surface area contributed by atoms with Crippen LogP contribution in [0.4, 0.5) is 0 Å². The minimum Gasteiger partial charge on any atom is -0.494 e. The fraction of sp³-hybridized carbons (Fsp3) is 0.591. The molecule has 1 aliphatic carbocycles. The third-order valence-corrected chi connectivity index (χ3v) is 6.24. The summed E-state index contributed by atoms with van der Waals surface area (Å²) in [7, 11) is 1.69. The molecule has 1 saturated heterocycles. The smallest absolute Gasteiger partial charge is 0.144 e. The van der Waals surface area contributed by atoms with Gasteiger partial charge in [0.05, 0.1) is 13.3 Å². The van der Waals surface area contributed by atoms with Gasteiger partial charge in [-0.2, -0.15) is 5.10 Å². The largest absolute Gasteiger partial charge is 0.494 e. The highest BCUT2D eigenvalue weighted by atomic mass is 16.5. The van der Waals surface area contributed by atoms with Gasteiger partial charge < -0.3 is 9.84 Å². The first-order valence-corrected chi connectivity index (χ1v) is 10.5. The van der Waals surface area contributed by atoms with Gasteiger partial charge in [-0.1, -0.05) is 25.0 Å². The van der Waals surface area contributed by atoms with E-state index in [9.17, 15) is 5.11 Å². The van der Waals surface area contributed by atoms with E-state index in [2.05, 4.69) is 21.1 Å². The number of hydrogen-bond acceptors (Lipinski definition) is 5. The summed E-state index contributed by atoms with van der Waals surface area (Å²) in [5.41, 5.74) is 2.17. The van der Waals surface area contributed by atoms with Gasteiger partial charge in [0.2, 0.25) is 0 Å². The van der Waals surface area contributed by atoms with E-state index in [4.69, 9.17) is 4.74 Å². The number of para-hydroxylation sites is 2. The maximum atomic E-state index is 9.56. The standard InChI is InChI=1S/C22H32N4O2/c1-28-22-9-5-4-8-21(22)26-16-18(14-23-26)15-24-11-12-25(19-6-2-3-7-19)20(17-24)10-13-27/h4-5,8-9,14,16,19-20,27H,2-3,6-7,10-13,15,17H2,1H3/t20-/m1/s1. The molecular weight excluding hydrogens is 352 g/mol. The van der Waals surface area contributed by atoms with Crippen molar-refractivity contribution in [2.75, 3.05) is 33.4 Å². The zero-order chi connectivity index (χ0) is 19.3. The van der Waals surface area contributed by atoms with Crippen LogP contribution in [0.5, 0.6) is 5.75 Å². The van der Waals surface area contributed by atoms with Crippen molar-refractivity contribution in [2.45, 2.75) is 50.7 Å². The van der Waals surface area contributed by atoms with E-state index in [0.717, 1.165) is 50.1 Å². The van der Waals surface area contributed by atoms with Crippen LogP contribution in [0.1, 0.15) is 37.7 Å². The molecule has 1 aromatic carbocycles. The van der Waals surface area contributed by atoms with Gasteiger partial charge in [0.25, 0.3) is 0 Å². The number of rotatable bonds is 7. The summed E-state index contributed by atoms with van der Waals surface area (Å²) >= 11 is 0. The monoisotopic (exact) mass is 384 g/mol. The van der Waals surface area contributed by atoms with Crippen molar-refractivity contribution in [3.63, 3.8) is 0 Å². The van der Waals surface area contributed by atoms with Gasteiger partial charge in [-0.15, -0.1) is 0 Å². The van der Waals surface area contributed by atoms with Gasteiger partial charge in [0.15, 0.2) is 0 Å². The van der Waals surface area contributed by atoms with Crippen molar-refractivity contribution >= 4 is 0 Å². The summed E-state index contributed by atoms with van der Waals surface area (Å²) in [6, 6.07) is 9.14. The van der Waals surface area contributed by atoms with Crippen LogP contribution in [-0.4, -0.2) is 70.1 Å². The molecule has 2 fully saturated rings. The summed E-state index contributed by atoms with van der Waals surface area (Å²) in [6.07, 6.45) is 10.3. The molecule has 4 rings (SSSR count). The van der Waals surface area contributed by atoms with Crippen molar-refractivity contribution in [1.29, 1.82) is 0 Å². The summed E-state index contributed by atoms with van der Waals surface area (Å²) in [5, 5.41) is 14.1. The molecule has 0 radical (unpaired) electrons. The van der Waals surface area contributed by atoms with E-state index in [1.54, 1.807) is 7.11 Å². The lowest BCUT2D eigenvalue weighted by Crippen LogP contribution is -2.55. The van der Waals surface area contributed by atoms with Crippen molar-refractivity contribution in [1.82, 2.24) is 19.6 Å². The Hall–Kier alpha value is -1.89. The van der Waals surface area contributed by atoms with E-state index in [-0.39, 0.29) is 6.61 Å². The zero-order valence-corrected chi connectivity index (χ0v) is 16.8. The van der Waals surface area contributed by atoms with Crippen LogP contribution in [0.3, 0.4) is 0 Å². The predicted molar refractivity (Wildman–Crippen MR) is 110 cm³/mol. The van der Waals surface area contributed by atoms with E-state index in [0.29, 0.717) is 6.04 Å². The van der Waals surface area contributed by atoms with Gasteiger partial charge in [0.1, 0.15) is 11.4 Å². The summed E-state index contributed by atoms with van der Waals surface area (Å²) < 4.78 is 7.36. The first kappa shape index (κ1) is 19.4. The lowest BCUT2D eigenvalue weighted by atomic mass is 10.0. The summed E-state index contributed by atoms with van der Waals surface area (Å²) in [4.78, 5) is 5.19. The summed E-state index contributed by atoms with van der Waals surface area (Å²) in [5.74, 6) is 0.824. The van der Waals surface area contributed by atoms with Crippen molar-refractivity contribution in [3.05, 3.63) is 42.2 Å². The van der Waals surface area contributed by atoms with Crippen LogP contribution in [0.15, 0.2) is 36.7 Å². The van der Waals surface area contributed by atoms with Gasteiger partial charge in [-0.3, -0.25) is 9.80 Å². The van der Waals surface area contributed by atoms with Crippen LogP contribution in [0.2, 0.25) is 0 Å². The second-order valence-corrected chi connectivity index (χ2v) is 8.04. The molecule has 1 aliphatic heterocycles. The van der Waals surface area contributed by atoms with Crippen LogP contribution in [0.25, 0.3) is 5.69 Å². The van der Waals surface area contributed by atoms with Crippen LogP contribution in [-0.2, 0) is 6.54 Å². The Balaban J connectivity index is 1.41. The van der Waals surface area contributed by atoms with E-state index in [1.165, 1.54) is 31.2 Å².